The Labute approximate surface area is 62.8 Å². The van der Waals surface area contributed by atoms with Gasteiger partial charge in [0.1, 0.15) is 0 Å². The van der Waals surface area contributed by atoms with Crippen LogP contribution in [0.2, 0.25) is 0 Å². The first-order valence-electron chi connectivity index (χ1n) is 4.25. The number of piperazine rings is 3. The zero-order valence-corrected chi connectivity index (χ0v) is 6.88. The van der Waals surface area contributed by atoms with Gasteiger partial charge < -0.3 is 0 Å². The molecular weight excluding hydrogens is 124 g/mol. The van der Waals surface area contributed by atoms with Crippen molar-refractivity contribution in [1.29, 1.82) is 0 Å². The summed E-state index contributed by atoms with van der Waals surface area (Å²) in [5, 5.41) is 0. The Morgan fingerprint density at radius 3 is 1.90 bits per heavy atom. The number of nitrogens with zero attached hydrogens (tertiary/aromatic N) is 2. The summed E-state index contributed by atoms with van der Waals surface area (Å²) >= 11 is 0. The summed E-state index contributed by atoms with van der Waals surface area (Å²) in [4.78, 5) is 5.20. The molecule has 10 heavy (non-hydrogen) atoms. The molecule has 0 spiro atoms. The van der Waals surface area contributed by atoms with Crippen LogP contribution in [-0.2, 0) is 0 Å². The Kier molecular flexibility index (Phi) is 1.46. The Bertz CT molecular complexity index is 123. The highest BCUT2D eigenvalue weighted by molar-refractivity contribution is 4.90. The fourth-order valence-corrected chi connectivity index (χ4v) is 2.35. The molecule has 3 saturated heterocycles. The topological polar surface area (TPSA) is 6.48 Å². The molecule has 2 nitrogen and oxygen atoms in total. The van der Waals surface area contributed by atoms with Gasteiger partial charge in [-0.25, -0.2) is 0 Å². The average molecular weight is 140 g/mol. The lowest BCUT2D eigenvalue weighted by molar-refractivity contribution is -0.0184. The molecule has 0 aromatic heterocycles. The predicted molar refractivity (Wildman–Crippen MR) is 42.1 cm³/mol. The van der Waals surface area contributed by atoms with Crippen molar-refractivity contribution in [3.63, 3.8) is 0 Å². The second kappa shape index (κ2) is 2.21. The summed E-state index contributed by atoms with van der Waals surface area (Å²) in [6, 6.07) is 1.61. The first-order chi connectivity index (χ1) is 4.77. The number of hydrogen-bond acceptors (Lipinski definition) is 2. The summed E-state index contributed by atoms with van der Waals surface area (Å²) in [5.74, 6) is 0. The van der Waals surface area contributed by atoms with E-state index in [4.69, 9.17) is 0 Å². The van der Waals surface area contributed by atoms with Crippen LogP contribution in [0.1, 0.15) is 13.8 Å². The molecule has 3 aliphatic heterocycles. The molecular formula is C8H16N2. The van der Waals surface area contributed by atoms with E-state index in [1.54, 1.807) is 0 Å². The van der Waals surface area contributed by atoms with Crippen molar-refractivity contribution >= 4 is 0 Å². The molecule has 0 aromatic carbocycles. The van der Waals surface area contributed by atoms with Crippen LogP contribution in [0.15, 0.2) is 0 Å². The molecule has 0 saturated carbocycles. The minimum Gasteiger partial charge on any atom is -0.299 e. The van der Waals surface area contributed by atoms with Gasteiger partial charge in [-0.1, -0.05) is 0 Å². The van der Waals surface area contributed by atoms with Gasteiger partial charge in [-0.15, -0.1) is 0 Å². The van der Waals surface area contributed by atoms with E-state index in [2.05, 4.69) is 23.6 Å². The highest BCUT2D eigenvalue weighted by Gasteiger charge is 2.33. The molecule has 0 aliphatic carbocycles. The van der Waals surface area contributed by atoms with Crippen LogP contribution in [0.25, 0.3) is 0 Å². The monoisotopic (exact) mass is 140 g/mol. The van der Waals surface area contributed by atoms with Gasteiger partial charge in [0.2, 0.25) is 0 Å². The van der Waals surface area contributed by atoms with Gasteiger partial charge in [-0.05, 0) is 13.8 Å². The Hall–Kier alpha value is -0.0800. The normalized spacial score (nSPS) is 53.4. The summed E-state index contributed by atoms with van der Waals surface area (Å²) in [7, 11) is 0. The summed E-state index contributed by atoms with van der Waals surface area (Å²) in [5.41, 5.74) is 0. The fraction of sp³-hybridized carbons (Fsp3) is 1.00. The summed E-state index contributed by atoms with van der Waals surface area (Å²) in [6.07, 6.45) is 0. The van der Waals surface area contributed by atoms with Crippen LogP contribution in [0.4, 0.5) is 0 Å². The highest BCUT2D eigenvalue weighted by Crippen LogP contribution is 2.19. The van der Waals surface area contributed by atoms with E-state index >= 15 is 0 Å². The minimum absolute atomic E-state index is 0.803. The van der Waals surface area contributed by atoms with Gasteiger partial charge in [-0.3, -0.25) is 9.80 Å². The second-order valence-electron chi connectivity index (χ2n) is 3.70. The largest absolute Gasteiger partial charge is 0.299 e. The van der Waals surface area contributed by atoms with E-state index in [1.807, 2.05) is 0 Å². The van der Waals surface area contributed by atoms with Crippen molar-refractivity contribution < 1.29 is 0 Å². The standard InChI is InChI=1S/C8H16N2/c1-7-5-9-3-4-10(7)8(2)6-9/h7-8H,3-6H2,1-2H3. The lowest BCUT2D eigenvalue weighted by Gasteiger charge is -2.50. The second-order valence-corrected chi connectivity index (χ2v) is 3.70. The third kappa shape index (κ3) is 0.867. The molecule has 2 heteroatoms. The van der Waals surface area contributed by atoms with Crippen molar-refractivity contribution in [2.45, 2.75) is 25.9 Å². The third-order valence-corrected chi connectivity index (χ3v) is 2.85. The van der Waals surface area contributed by atoms with Crippen LogP contribution in [0.3, 0.4) is 0 Å². The number of rotatable bonds is 0. The van der Waals surface area contributed by atoms with Crippen LogP contribution >= 0.6 is 0 Å². The minimum atomic E-state index is 0.803. The lowest BCUT2D eigenvalue weighted by Crippen LogP contribution is -2.63. The van der Waals surface area contributed by atoms with E-state index in [1.165, 1.54) is 26.2 Å². The fourth-order valence-electron chi connectivity index (χ4n) is 2.35. The third-order valence-electron chi connectivity index (χ3n) is 2.85. The molecule has 58 valence electrons. The lowest BCUT2D eigenvalue weighted by atomic mass is 10.0. The SMILES string of the molecule is CC1CN2CCN1C(C)C2. The van der Waals surface area contributed by atoms with E-state index in [-0.39, 0.29) is 0 Å². The molecule has 2 bridgehead atoms. The van der Waals surface area contributed by atoms with Crippen molar-refractivity contribution in [2.75, 3.05) is 26.2 Å². The molecule has 0 aromatic rings. The van der Waals surface area contributed by atoms with Crippen molar-refractivity contribution in [2.24, 2.45) is 0 Å². The maximum Gasteiger partial charge on any atom is 0.0198 e. The van der Waals surface area contributed by atoms with E-state index in [0.29, 0.717) is 0 Å². The Balaban J connectivity index is 2.11. The number of fused-ring (bicyclic) bond motifs is 3. The van der Waals surface area contributed by atoms with E-state index in [9.17, 15) is 0 Å². The van der Waals surface area contributed by atoms with Crippen molar-refractivity contribution in [3.05, 3.63) is 0 Å². The van der Waals surface area contributed by atoms with E-state index < -0.39 is 0 Å². The van der Waals surface area contributed by atoms with Gasteiger partial charge in [-0.2, -0.15) is 0 Å². The van der Waals surface area contributed by atoms with Gasteiger partial charge in [0.25, 0.3) is 0 Å². The summed E-state index contributed by atoms with van der Waals surface area (Å²) < 4.78 is 0. The van der Waals surface area contributed by atoms with Gasteiger partial charge >= 0.3 is 0 Å². The van der Waals surface area contributed by atoms with Crippen molar-refractivity contribution in [1.82, 2.24) is 9.80 Å². The highest BCUT2D eigenvalue weighted by atomic mass is 15.4. The Morgan fingerprint density at radius 2 is 1.60 bits per heavy atom. The first kappa shape index (κ1) is 6.62. The molecule has 0 N–H and O–H groups in total. The maximum absolute atomic E-state index is 2.62. The van der Waals surface area contributed by atoms with E-state index in [0.717, 1.165) is 12.1 Å². The van der Waals surface area contributed by atoms with Crippen LogP contribution in [-0.4, -0.2) is 48.1 Å². The van der Waals surface area contributed by atoms with Crippen LogP contribution in [0, 0.1) is 0 Å². The molecule has 3 rings (SSSR count). The van der Waals surface area contributed by atoms with Gasteiger partial charge in [0.05, 0.1) is 0 Å². The zero-order valence-electron chi connectivity index (χ0n) is 6.88. The molecule has 2 unspecified atom stereocenters. The van der Waals surface area contributed by atoms with Gasteiger partial charge in [0.15, 0.2) is 0 Å². The Morgan fingerprint density at radius 1 is 1.00 bits per heavy atom. The quantitative estimate of drug-likeness (QED) is 0.480. The molecule has 2 atom stereocenters. The number of hydrogen-bond donors (Lipinski definition) is 0. The molecule has 0 radical (unpaired) electrons. The average Bonchev–Trinajstić information content (AvgIpc) is 1.86. The maximum atomic E-state index is 2.62. The van der Waals surface area contributed by atoms with Crippen LogP contribution < -0.4 is 0 Å². The predicted octanol–water partition coefficient (Wildman–Crippen LogP) is 0.395. The first-order valence-corrected chi connectivity index (χ1v) is 4.25. The molecule has 3 aliphatic rings. The van der Waals surface area contributed by atoms with Crippen LogP contribution in [0.5, 0.6) is 0 Å². The smallest absolute Gasteiger partial charge is 0.0198 e. The summed E-state index contributed by atoms with van der Waals surface area (Å²) in [6.45, 7) is 9.86. The van der Waals surface area contributed by atoms with Gasteiger partial charge in [0, 0.05) is 38.3 Å². The molecule has 3 heterocycles. The van der Waals surface area contributed by atoms with Crippen molar-refractivity contribution in [3.8, 4) is 0 Å². The zero-order chi connectivity index (χ0) is 7.14. The molecule has 3 fully saturated rings. The molecule has 0 amide bonds.